The highest BCUT2D eigenvalue weighted by molar-refractivity contribution is 5.58. The fraction of sp³-hybridized carbons (Fsp3) is 0.462. The molecule has 1 aromatic heterocycles. The number of nitrogens with zero attached hydrogens (tertiary/aromatic N) is 1. The Morgan fingerprint density at radius 3 is 2.64 bits per heavy atom. The quantitative estimate of drug-likeness (QED) is 0.654. The first-order valence-electron chi connectivity index (χ1n) is 5.43. The number of allylic oxidation sites excluding steroid dienone is 1. The lowest BCUT2D eigenvalue weighted by molar-refractivity contribution is 0.853. The molecule has 0 fully saturated rings. The Bertz CT molecular complexity index is 324. The number of hydrogen-bond donors (Lipinski definition) is 0. The highest BCUT2D eigenvalue weighted by atomic mass is 14.7. The van der Waals surface area contributed by atoms with Crippen LogP contribution in [0.1, 0.15) is 50.4 Å². The summed E-state index contributed by atoms with van der Waals surface area (Å²) in [6, 6.07) is 2.25. The van der Waals surface area contributed by atoms with Crippen LogP contribution in [0, 0.1) is 0 Å². The van der Waals surface area contributed by atoms with Crippen LogP contribution < -0.4 is 0 Å². The van der Waals surface area contributed by atoms with Crippen molar-refractivity contribution in [2.45, 2.75) is 40.0 Å². The second kappa shape index (κ2) is 4.94. The van der Waals surface area contributed by atoms with Crippen LogP contribution in [0.5, 0.6) is 0 Å². The van der Waals surface area contributed by atoms with Gasteiger partial charge in [-0.25, -0.2) is 0 Å². The molecule has 0 saturated heterocycles. The van der Waals surface area contributed by atoms with Gasteiger partial charge in [-0.2, -0.15) is 0 Å². The van der Waals surface area contributed by atoms with Crippen molar-refractivity contribution in [2.24, 2.45) is 0 Å². The maximum atomic E-state index is 4.42. The van der Waals surface area contributed by atoms with Crippen LogP contribution >= 0.6 is 0 Å². The zero-order valence-corrected chi connectivity index (χ0v) is 9.54. The smallest absolute Gasteiger partial charge is 0.0513 e. The molecule has 0 aromatic carbocycles. The van der Waals surface area contributed by atoms with Gasteiger partial charge in [0.1, 0.15) is 0 Å². The van der Waals surface area contributed by atoms with Gasteiger partial charge in [0.05, 0.1) is 5.69 Å². The third kappa shape index (κ3) is 2.22. The first-order chi connectivity index (χ1) is 6.77. The van der Waals surface area contributed by atoms with Crippen LogP contribution in [0.3, 0.4) is 0 Å². The van der Waals surface area contributed by atoms with E-state index in [9.17, 15) is 0 Å². The molecule has 2 rings (SSSR count). The number of aromatic nitrogens is 1. The molecule has 1 aromatic rings. The number of rotatable bonds is 1. The Morgan fingerprint density at radius 1 is 1.29 bits per heavy atom. The van der Waals surface area contributed by atoms with E-state index in [0.29, 0.717) is 5.92 Å². The average molecular weight is 189 g/mol. The van der Waals surface area contributed by atoms with Gasteiger partial charge in [0, 0.05) is 12.6 Å². The standard InChI is InChI=1S/C11H13N.C2H6/c1-8(2)10-6-9-4-3-5-11(9)12-7-10;1-2/h3-4,6-8H,5H2,1-2H3;1-2H3. The predicted molar refractivity (Wildman–Crippen MR) is 62.4 cm³/mol. The number of pyridine rings is 1. The molecule has 1 aliphatic rings. The zero-order chi connectivity index (χ0) is 10.6. The average Bonchev–Trinajstić information content (AvgIpc) is 2.67. The van der Waals surface area contributed by atoms with E-state index in [1.807, 2.05) is 20.0 Å². The number of hydrogen-bond acceptors (Lipinski definition) is 1. The van der Waals surface area contributed by atoms with Crippen LogP contribution in [0.4, 0.5) is 0 Å². The Hall–Kier alpha value is -1.11. The van der Waals surface area contributed by atoms with E-state index in [0.717, 1.165) is 6.42 Å². The summed E-state index contributed by atoms with van der Waals surface area (Å²) in [6.45, 7) is 8.39. The summed E-state index contributed by atoms with van der Waals surface area (Å²) in [4.78, 5) is 4.42. The molecular formula is C13H19N. The van der Waals surface area contributed by atoms with Gasteiger partial charge < -0.3 is 0 Å². The highest BCUT2D eigenvalue weighted by Gasteiger charge is 2.08. The van der Waals surface area contributed by atoms with Gasteiger partial charge in [-0.3, -0.25) is 4.98 Å². The summed E-state index contributed by atoms with van der Waals surface area (Å²) < 4.78 is 0. The molecule has 0 amide bonds. The summed E-state index contributed by atoms with van der Waals surface area (Å²) >= 11 is 0. The molecule has 1 heteroatoms. The van der Waals surface area contributed by atoms with Crippen LogP contribution in [-0.2, 0) is 6.42 Å². The SMILES string of the molecule is CC.CC(C)c1cnc2c(c1)C=CC2. The predicted octanol–water partition coefficient (Wildman–Crippen LogP) is 3.80. The highest BCUT2D eigenvalue weighted by Crippen LogP contribution is 2.21. The lowest BCUT2D eigenvalue weighted by atomic mass is 10.0. The van der Waals surface area contributed by atoms with Gasteiger partial charge in [0.15, 0.2) is 0 Å². The minimum Gasteiger partial charge on any atom is -0.260 e. The second-order valence-corrected chi connectivity index (χ2v) is 3.57. The normalized spacial score (nSPS) is 12.4. The Morgan fingerprint density at radius 2 is 2.00 bits per heavy atom. The molecule has 1 nitrogen and oxygen atoms in total. The summed E-state index contributed by atoms with van der Waals surface area (Å²) in [6.07, 6.45) is 7.33. The Kier molecular flexibility index (Phi) is 3.87. The van der Waals surface area contributed by atoms with Crippen molar-refractivity contribution in [2.75, 3.05) is 0 Å². The zero-order valence-electron chi connectivity index (χ0n) is 9.54. The largest absolute Gasteiger partial charge is 0.260 e. The molecule has 14 heavy (non-hydrogen) atoms. The van der Waals surface area contributed by atoms with Gasteiger partial charge in [0.2, 0.25) is 0 Å². The summed E-state index contributed by atoms with van der Waals surface area (Å²) in [5.41, 5.74) is 3.86. The Labute approximate surface area is 86.9 Å². The molecule has 0 N–H and O–H groups in total. The van der Waals surface area contributed by atoms with Gasteiger partial charge >= 0.3 is 0 Å². The maximum Gasteiger partial charge on any atom is 0.0513 e. The van der Waals surface area contributed by atoms with Crippen LogP contribution in [0.25, 0.3) is 6.08 Å². The second-order valence-electron chi connectivity index (χ2n) is 3.57. The molecule has 0 atom stereocenters. The van der Waals surface area contributed by atoms with E-state index in [4.69, 9.17) is 0 Å². The summed E-state index contributed by atoms with van der Waals surface area (Å²) in [5, 5.41) is 0. The molecule has 1 heterocycles. The van der Waals surface area contributed by atoms with Crippen molar-refractivity contribution in [3.05, 3.63) is 35.2 Å². The Balaban J connectivity index is 0.000000461. The van der Waals surface area contributed by atoms with Gasteiger partial charge in [-0.05, 0) is 23.1 Å². The van der Waals surface area contributed by atoms with Crippen molar-refractivity contribution in [1.82, 2.24) is 4.98 Å². The monoisotopic (exact) mass is 189 g/mol. The lowest BCUT2D eigenvalue weighted by Gasteiger charge is -2.06. The van der Waals surface area contributed by atoms with Crippen molar-refractivity contribution in [3.63, 3.8) is 0 Å². The third-order valence-corrected chi connectivity index (χ3v) is 2.30. The number of fused-ring (bicyclic) bond motifs is 1. The van der Waals surface area contributed by atoms with Crippen molar-refractivity contribution >= 4 is 6.08 Å². The first kappa shape index (κ1) is 11.0. The van der Waals surface area contributed by atoms with Crippen LogP contribution in [0.2, 0.25) is 0 Å². The molecular weight excluding hydrogens is 170 g/mol. The van der Waals surface area contributed by atoms with Gasteiger partial charge in [0.25, 0.3) is 0 Å². The van der Waals surface area contributed by atoms with Crippen LogP contribution in [-0.4, -0.2) is 4.98 Å². The summed E-state index contributed by atoms with van der Waals surface area (Å²) in [5.74, 6) is 0.580. The minimum absolute atomic E-state index is 0.580. The fourth-order valence-electron chi connectivity index (χ4n) is 1.46. The van der Waals surface area contributed by atoms with Crippen molar-refractivity contribution in [3.8, 4) is 0 Å². The van der Waals surface area contributed by atoms with E-state index in [2.05, 4.69) is 37.0 Å². The van der Waals surface area contributed by atoms with E-state index in [1.165, 1.54) is 16.8 Å². The fourth-order valence-corrected chi connectivity index (χ4v) is 1.46. The molecule has 0 saturated carbocycles. The van der Waals surface area contributed by atoms with Crippen molar-refractivity contribution in [1.29, 1.82) is 0 Å². The third-order valence-electron chi connectivity index (χ3n) is 2.30. The van der Waals surface area contributed by atoms with E-state index < -0.39 is 0 Å². The molecule has 0 unspecified atom stereocenters. The van der Waals surface area contributed by atoms with Crippen LogP contribution in [0.15, 0.2) is 18.3 Å². The molecule has 0 aliphatic heterocycles. The molecule has 0 bridgehead atoms. The minimum atomic E-state index is 0.580. The lowest BCUT2D eigenvalue weighted by Crippen LogP contribution is -1.93. The summed E-state index contributed by atoms with van der Waals surface area (Å²) in [7, 11) is 0. The molecule has 76 valence electrons. The van der Waals surface area contributed by atoms with E-state index >= 15 is 0 Å². The molecule has 0 spiro atoms. The molecule has 1 aliphatic carbocycles. The topological polar surface area (TPSA) is 12.9 Å². The first-order valence-corrected chi connectivity index (χ1v) is 5.43. The molecule has 0 radical (unpaired) electrons. The maximum absolute atomic E-state index is 4.42. The van der Waals surface area contributed by atoms with E-state index in [-0.39, 0.29) is 0 Å². The van der Waals surface area contributed by atoms with E-state index in [1.54, 1.807) is 0 Å². The van der Waals surface area contributed by atoms with Gasteiger partial charge in [-0.15, -0.1) is 0 Å². The van der Waals surface area contributed by atoms with Crippen molar-refractivity contribution < 1.29 is 0 Å². The van der Waals surface area contributed by atoms with Gasteiger partial charge in [-0.1, -0.05) is 39.8 Å².